The van der Waals surface area contributed by atoms with E-state index in [9.17, 15) is 14.0 Å². The number of esters is 1. The van der Waals surface area contributed by atoms with Crippen LogP contribution in [0.15, 0.2) is 42.5 Å². The average Bonchev–Trinajstić information content (AvgIpc) is 2.49. The van der Waals surface area contributed by atoms with Crippen molar-refractivity contribution < 1.29 is 18.7 Å². The molecule has 4 nitrogen and oxygen atoms in total. The van der Waals surface area contributed by atoms with Gasteiger partial charge in [0.2, 0.25) is 0 Å². The smallest absolute Gasteiger partial charge is 0.341 e. The number of anilines is 1. The van der Waals surface area contributed by atoms with Crippen LogP contribution < -0.4 is 5.32 Å². The number of carbonyl (C=O) groups is 2. The molecule has 0 unspecified atom stereocenters. The van der Waals surface area contributed by atoms with Crippen molar-refractivity contribution in [2.45, 2.75) is 13.0 Å². The number of hydrogen-bond acceptors (Lipinski definition) is 3. The maximum absolute atomic E-state index is 13.6. The Morgan fingerprint density at radius 1 is 1.09 bits per heavy atom. The molecule has 2 rings (SSSR count). The van der Waals surface area contributed by atoms with Crippen molar-refractivity contribution in [2.75, 3.05) is 5.32 Å². The van der Waals surface area contributed by atoms with Crippen LogP contribution in [0.1, 0.15) is 17.3 Å². The molecule has 0 heterocycles. The Hall–Kier alpha value is -2.11. The molecule has 0 saturated carbocycles. The van der Waals surface area contributed by atoms with Crippen molar-refractivity contribution >= 4 is 40.8 Å². The van der Waals surface area contributed by atoms with Gasteiger partial charge < -0.3 is 10.1 Å². The quantitative estimate of drug-likeness (QED) is 0.831. The third-order valence-electron chi connectivity index (χ3n) is 2.92. The minimum absolute atomic E-state index is 0.160. The van der Waals surface area contributed by atoms with Gasteiger partial charge in [-0.3, -0.25) is 4.79 Å². The third-order valence-corrected chi connectivity index (χ3v) is 3.40. The molecule has 0 aromatic heterocycles. The van der Waals surface area contributed by atoms with E-state index >= 15 is 0 Å². The van der Waals surface area contributed by atoms with Gasteiger partial charge in [0.05, 0.1) is 5.56 Å². The first kappa shape index (κ1) is 17.2. The summed E-state index contributed by atoms with van der Waals surface area (Å²) in [6, 6.07) is 9.98. The van der Waals surface area contributed by atoms with Crippen LogP contribution in [0.3, 0.4) is 0 Å². The molecule has 0 fully saturated rings. The molecule has 1 N–H and O–H groups in total. The van der Waals surface area contributed by atoms with Gasteiger partial charge in [-0.05, 0) is 49.4 Å². The summed E-state index contributed by atoms with van der Waals surface area (Å²) in [4.78, 5) is 23.9. The van der Waals surface area contributed by atoms with Crippen molar-refractivity contribution in [3.8, 4) is 0 Å². The monoisotopic (exact) mass is 355 g/mol. The molecular weight excluding hydrogens is 344 g/mol. The van der Waals surface area contributed by atoms with Crippen LogP contribution in [-0.4, -0.2) is 18.0 Å². The number of hydrogen-bond donors (Lipinski definition) is 1. The lowest BCUT2D eigenvalue weighted by molar-refractivity contribution is -0.123. The van der Waals surface area contributed by atoms with Gasteiger partial charge in [-0.1, -0.05) is 23.2 Å². The molecular formula is C16H12Cl2FNO3. The first-order valence-electron chi connectivity index (χ1n) is 6.59. The molecule has 0 saturated heterocycles. The van der Waals surface area contributed by atoms with Crippen molar-refractivity contribution in [1.29, 1.82) is 0 Å². The minimum Gasteiger partial charge on any atom is -0.449 e. The van der Waals surface area contributed by atoms with Crippen molar-refractivity contribution in [3.63, 3.8) is 0 Å². The zero-order valence-electron chi connectivity index (χ0n) is 12.0. The summed E-state index contributed by atoms with van der Waals surface area (Å²) < 4.78 is 18.6. The lowest BCUT2D eigenvalue weighted by Gasteiger charge is -2.14. The van der Waals surface area contributed by atoms with E-state index in [1.807, 2.05) is 0 Å². The number of amides is 1. The maximum Gasteiger partial charge on any atom is 0.341 e. The topological polar surface area (TPSA) is 55.4 Å². The van der Waals surface area contributed by atoms with Gasteiger partial charge in [0.1, 0.15) is 5.82 Å². The van der Waals surface area contributed by atoms with Gasteiger partial charge in [0.15, 0.2) is 6.10 Å². The average molecular weight is 356 g/mol. The highest BCUT2D eigenvalue weighted by Crippen LogP contribution is 2.17. The molecule has 120 valence electrons. The molecule has 0 aliphatic carbocycles. The van der Waals surface area contributed by atoms with E-state index in [-0.39, 0.29) is 10.6 Å². The van der Waals surface area contributed by atoms with Crippen molar-refractivity contribution in [3.05, 3.63) is 63.9 Å². The SMILES string of the molecule is C[C@H](OC(=O)c1ccc(Cl)cc1F)C(=O)Nc1ccc(Cl)cc1. The molecule has 23 heavy (non-hydrogen) atoms. The van der Waals surface area contributed by atoms with E-state index in [2.05, 4.69) is 5.32 Å². The normalized spacial score (nSPS) is 11.7. The molecule has 0 spiro atoms. The standard InChI is InChI=1S/C16H12Cl2FNO3/c1-9(15(21)20-12-5-2-10(17)3-6-12)23-16(22)13-7-4-11(18)8-14(13)19/h2-9H,1H3,(H,20,21)/t9-/m0/s1. The second kappa shape index (κ2) is 7.44. The Kier molecular flexibility index (Phi) is 5.58. The van der Waals surface area contributed by atoms with E-state index in [1.54, 1.807) is 24.3 Å². The predicted octanol–water partition coefficient (Wildman–Crippen LogP) is 4.32. The first-order valence-corrected chi connectivity index (χ1v) is 7.35. The zero-order valence-corrected chi connectivity index (χ0v) is 13.5. The fourth-order valence-electron chi connectivity index (χ4n) is 1.71. The van der Waals surface area contributed by atoms with E-state index < -0.39 is 23.8 Å². The molecule has 0 aliphatic heterocycles. The van der Waals surface area contributed by atoms with Gasteiger partial charge >= 0.3 is 5.97 Å². The number of rotatable bonds is 4. The molecule has 0 radical (unpaired) electrons. The van der Waals surface area contributed by atoms with E-state index in [0.29, 0.717) is 10.7 Å². The Balaban J connectivity index is 2.00. The largest absolute Gasteiger partial charge is 0.449 e. The Morgan fingerprint density at radius 3 is 2.30 bits per heavy atom. The summed E-state index contributed by atoms with van der Waals surface area (Å²) in [7, 11) is 0. The van der Waals surface area contributed by atoms with E-state index in [1.165, 1.54) is 19.1 Å². The summed E-state index contributed by atoms with van der Waals surface area (Å²) in [6.07, 6.45) is -1.10. The summed E-state index contributed by atoms with van der Waals surface area (Å²) >= 11 is 11.4. The first-order chi connectivity index (χ1) is 10.9. The molecule has 1 atom stereocenters. The van der Waals surface area contributed by atoms with Crippen LogP contribution in [0.2, 0.25) is 10.0 Å². The highest BCUT2D eigenvalue weighted by molar-refractivity contribution is 6.31. The van der Waals surface area contributed by atoms with Crippen LogP contribution in [0.5, 0.6) is 0 Å². The Morgan fingerprint density at radius 2 is 1.70 bits per heavy atom. The van der Waals surface area contributed by atoms with E-state index in [4.69, 9.17) is 27.9 Å². The Labute approximate surface area is 142 Å². The zero-order chi connectivity index (χ0) is 17.0. The van der Waals surface area contributed by atoms with Crippen molar-refractivity contribution in [2.24, 2.45) is 0 Å². The molecule has 0 bridgehead atoms. The number of nitrogens with one attached hydrogen (secondary N) is 1. The second-order valence-electron chi connectivity index (χ2n) is 4.67. The number of ether oxygens (including phenoxy) is 1. The Bertz CT molecular complexity index is 735. The predicted molar refractivity (Wildman–Crippen MR) is 86.4 cm³/mol. The second-order valence-corrected chi connectivity index (χ2v) is 5.54. The molecule has 0 aliphatic rings. The van der Waals surface area contributed by atoms with Gasteiger partial charge in [0, 0.05) is 15.7 Å². The van der Waals surface area contributed by atoms with E-state index in [0.717, 1.165) is 6.07 Å². The number of halogens is 3. The highest BCUT2D eigenvalue weighted by atomic mass is 35.5. The summed E-state index contributed by atoms with van der Waals surface area (Å²) in [5, 5.41) is 3.25. The van der Waals surface area contributed by atoms with Crippen LogP contribution in [0, 0.1) is 5.82 Å². The molecule has 7 heteroatoms. The number of carbonyl (C=O) groups excluding carboxylic acids is 2. The van der Waals surface area contributed by atoms with Crippen molar-refractivity contribution in [1.82, 2.24) is 0 Å². The number of benzene rings is 2. The molecule has 1 amide bonds. The van der Waals surface area contributed by atoms with Gasteiger partial charge in [-0.2, -0.15) is 0 Å². The molecule has 2 aromatic carbocycles. The van der Waals surface area contributed by atoms with Gasteiger partial charge in [-0.15, -0.1) is 0 Å². The van der Waals surface area contributed by atoms with Gasteiger partial charge in [0.25, 0.3) is 5.91 Å². The summed E-state index contributed by atoms with van der Waals surface area (Å²) in [6.45, 7) is 1.39. The summed E-state index contributed by atoms with van der Waals surface area (Å²) in [5.41, 5.74) is 0.209. The van der Waals surface area contributed by atoms with Crippen LogP contribution >= 0.6 is 23.2 Å². The minimum atomic E-state index is -1.10. The fraction of sp³-hybridized carbons (Fsp3) is 0.125. The summed E-state index contributed by atoms with van der Waals surface area (Å²) in [5.74, 6) is -2.30. The highest BCUT2D eigenvalue weighted by Gasteiger charge is 2.21. The lowest BCUT2D eigenvalue weighted by atomic mass is 10.2. The van der Waals surface area contributed by atoms with Crippen LogP contribution in [0.4, 0.5) is 10.1 Å². The third kappa shape index (κ3) is 4.68. The van der Waals surface area contributed by atoms with Crippen LogP contribution in [-0.2, 0) is 9.53 Å². The molecule has 2 aromatic rings. The van der Waals surface area contributed by atoms with Crippen LogP contribution in [0.25, 0.3) is 0 Å². The lowest BCUT2D eigenvalue weighted by Crippen LogP contribution is -2.30. The fourth-order valence-corrected chi connectivity index (χ4v) is 1.99. The maximum atomic E-state index is 13.6. The van der Waals surface area contributed by atoms with Gasteiger partial charge in [-0.25, -0.2) is 9.18 Å².